The number of aromatic nitrogens is 2. The van der Waals surface area contributed by atoms with E-state index in [2.05, 4.69) is 10.3 Å². The molecule has 2 aromatic rings. The summed E-state index contributed by atoms with van der Waals surface area (Å²) in [4.78, 5) is 4.28. The highest BCUT2D eigenvalue weighted by molar-refractivity contribution is 5.33. The molecule has 18 heavy (non-hydrogen) atoms. The molecule has 1 heterocycles. The first-order valence-corrected chi connectivity index (χ1v) is 5.65. The molecule has 0 aliphatic rings. The Balaban J connectivity index is 2.40. The Morgan fingerprint density at radius 3 is 2.72 bits per heavy atom. The lowest BCUT2D eigenvalue weighted by atomic mass is 10.1. The van der Waals surface area contributed by atoms with Crippen LogP contribution in [0.3, 0.4) is 0 Å². The number of halogens is 1. The molecule has 0 aliphatic carbocycles. The lowest BCUT2D eigenvalue weighted by Crippen LogP contribution is -2.21. The van der Waals surface area contributed by atoms with Gasteiger partial charge in [-0.3, -0.25) is 0 Å². The first-order chi connectivity index (χ1) is 8.67. The maximum Gasteiger partial charge on any atom is 0.165 e. The molecule has 0 bridgehead atoms. The fraction of sp³-hybridized carbons (Fsp3) is 0.308. The summed E-state index contributed by atoms with van der Waals surface area (Å²) in [6.07, 6.45) is 3.58. The molecule has 96 valence electrons. The Kier molecular flexibility index (Phi) is 3.62. The van der Waals surface area contributed by atoms with Crippen molar-refractivity contribution in [1.82, 2.24) is 14.9 Å². The Morgan fingerprint density at radius 2 is 2.22 bits per heavy atom. The van der Waals surface area contributed by atoms with E-state index >= 15 is 0 Å². The number of imidazole rings is 1. The maximum atomic E-state index is 13.7. The second-order valence-corrected chi connectivity index (χ2v) is 4.01. The summed E-state index contributed by atoms with van der Waals surface area (Å²) in [6, 6.07) is 4.77. The third-order valence-electron chi connectivity index (χ3n) is 2.91. The highest BCUT2D eigenvalue weighted by atomic mass is 19.1. The molecule has 1 aromatic carbocycles. The number of nitrogens with zero attached hydrogens (tertiary/aromatic N) is 2. The molecule has 1 atom stereocenters. The highest BCUT2D eigenvalue weighted by Gasteiger charge is 2.17. The average Bonchev–Trinajstić information content (AvgIpc) is 2.77. The summed E-state index contributed by atoms with van der Waals surface area (Å²) in [5.41, 5.74) is 0.810. The van der Waals surface area contributed by atoms with Gasteiger partial charge in [-0.1, -0.05) is 6.07 Å². The average molecular weight is 249 g/mol. The predicted molar refractivity (Wildman–Crippen MR) is 67.1 cm³/mol. The third-order valence-corrected chi connectivity index (χ3v) is 2.91. The summed E-state index contributed by atoms with van der Waals surface area (Å²) < 4.78 is 20.5. The normalized spacial score (nSPS) is 12.4. The summed E-state index contributed by atoms with van der Waals surface area (Å²) in [5.74, 6) is 0.708. The summed E-state index contributed by atoms with van der Waals surface area (Å²) in [5, 5.41) is 3.14. The summed E-state index contributed by atoms with van der Waals surface area (Å²) in [6.45, 7) is 0. The quantitative estimate of drug-likeness (QED) is 0.899. The number of aryl methyl sites for hydroxylation is 1. The van der Waals surface area contributed by atoms with E-state index in [9.17, 15) is 4.39 Å². The van der Waals surface area contributed by atoms with E-state index in [-0.39, 0.29) is 17.6 Å². The van der Waals surface area contributed by atoms with Gasteiger partial charge in [-0.2, -0.15) is 0 Å². The minimum Gasteiger partial charge on any atom is -0.494 e. The molecule has 5 heteroatoms. The van der Waals surface area contributed by atoms with Crippen LogP contribution in [0.5, 0.6) is 5.75 Å². The van der Waals surface area contributed by atoms with Crippen molar-refractivity contribution in [1.29, 1.82) is 0 Å². The van der Waals surface area contributed by atoms with E-state index in [1.54, 1.807) is 12.3 Å². The second-order valence-electron chi connectivity index (χ2n) is 4.01. The van der Waals surface area contributed by atoms with E-state index < -0.39 is 0 Å². The Morgan fingerprint density at radius 1 is 1.44 bits per heavy atom. The van der Waals surface area contributed by atoms with Crippen molar-refractivity contribution in [2.45, 2.75) is 6.04 Å². The molecule has 0 radical (unpaired) electrons. The summed E-state index contributed by atoms with van der Waals surface area (Å²) >= 11 is 0. The molecule has 4 nitrogen and oxygen atoms in total. The van der Waals surface area contributed by atoms with Crippen molar-refractivity contribution in [3.8, 4) is 5.75 Å². The number of ether oxygens (including phenoxy) is 1. The van der Waals surface area contributed by atoms with Gasteiger partial charge in [0.15, 0.2) is 11.6 Å². The Bertz CT molecular complexity index is 539. The molecule has 2 rings (SSSR count). The van der Waals surface area contributed by atoms with Gasteiger partial charge in [0.1, 0.15) is 5.82 Å². The fourth-order valence-corrected chi connectivity index (χ4v) is 1.96. The number of methoxy groups -OCH3 is 1. The molecule has 0 saturated heterocycles. The van der Waals surface area contributed by atoms with Crippen LogP contribution in [-0.4, -0.2) is 23.7 Å². The van der Waals surface area contributed by atoms with Gasteiger partial charge in [-0.25, -0.2) is 9.37 Å². The molecule has 0 fully saturated rings. The smallest absolute Gasteiger partial charge is 0.165 e. The molecule has 1 unspecified atom stereocenters. The zero-order chi connectivity index (χ0) is 13.1. The van der Waals surface area contributed by atoms with Crippen LogP contribution in [0.1, 0.15) is 17.4 Å². The van der Waals surface area contributed by atoms with E-state index in [1.165, 1.54) is 13.2 Å². The largest absolute Gasteiger partial charge is 0.494 e. The molecule has 0 aliphatic heterocycles. The molecule has 1 aromatic heterocycles. The molecular formula is C13H16FN3O. The predicted octanol–water partition coefficient (Wildman–Crippen LogP) is 1.88. The zero-order valence-corrected chi connectivity index (χ0v) is 10.6. The highest BCUT2D eigenvalue weighted by Crippen LogP contribution is 2.25. The molecule has 0 saturated carbocycles. The maximum absolute atomic E-state index is 13.7. The standard InChI is InChI=1S/C13H16FN3O/c1-15-12(13-16-6-7-17(13)2)9-4-5-11(18-3)10(14)8-9/h4-8,12,15H,1-3H3. The van der Waals surface area contributed by atoms with Crippen LogP contribution in [0.25, 0.3) is 0 Å². The van der Waals surface area contributed by atoms with Crippen LogP contribution in [0.2, 0.25) is 0 Å². The number of rotatable bonds is 4. The molecule has 1 N–H and O–H groups in total. The van der Waals surface area contributed by atoms with Crippen LogP contribution in [0, 0.1) is 5.82 Å². The van der Waals surface area contributed by atoms with Crippen LogP contribution < -0.4 is 10.1 Å². The molecular weight excluding hydrogens is 233 g/mol. The Hall–Kier alpha value is -1.88. The van der Waals surface area contributed by atoms with Crippen LogP contribution in [0.4, 0.5) is 4.39 Å². The first-order valence-electron chi connectivity index (χ1n) is 5.65. The van der Waals surface area contributed by atoms with Crippen molar-refractivity contribution in [2.24, 2.45) is 7.05 Å². The first kappa shape index (κ1) is 12.6. The number of benzene rings is 1. The van der Waals surface area contributed by atoms with Crippen molar-refractivity contribution >= 4 is 0 Å². The lowest BCUT2D eigenvalue weighted by Gasteiger charge is -2.17. The van der Waals surface area contributed by atoms with Crippen molar-refractivity contribution in [2.75, 3.05) is 14.2 Å². The second kappa shape index (κ2) is 5.18. The summed E-state index contributed by atoms with van der Waals surface area (Å²) in [7, 11) is 5.18. The van der Waals surface area contributed by atoms with Gasteiger partial charge >= 0.3 is 0 Å². The van der Waals surface area contributed by atoms with Crippen LogP contribution in [-0.2, 0) is 7.05 Å². The third kappa shape index (κ3) is 2.22. The number of nitrogens with one attached hydrogen (secondary N) is 1. The molecule has 0 amide bonds. The topological polar surface area (TPSA) is 39.1 Å². The molecule has 0 spiro atoms. The van der Waals surface area contributed by atoms with Crippen LogP contribution >= 0.6 is 0 Å². The minimum atomic E-state index is -0.371. The fourth-order valence-electron chi connectivity index (χ4n) is 1.96. The minimum absolute atomic E-state index is 0.148. The van der Waals surface area contributed by atoms with Gasteiger partial charge in [0.2, 0.25) is 0 Å². The van der Waals surface area contributed by atoms with Gasteiger partial charge in [0, 0.05) is 19.4 Å². The van der Waals surface area contributed by atoms with Crippen molar-refractivity contribution in [3.63, 3.8) is 0 Å². The van der Waals surface area contributed by atoms with E-state index in [0.29, 0.717) is 0 Å². The van der Waals surface area contributed by atoms with Crippen molar-refractivity contribution in [3.05, 3.63) is 47.8 Å². The van der Waals surface area contributed by atoms with Gasteiger partial charge in [0.05, 0.1) is 13.2 Å². The lowest BCUT2D eigenvalue weighted by molar-refractivity contribution is 0.385. The Labute approximate surface area is 105 Å². The number of hydrogen-bond donors (Lipinski definition) is 1. The van der Waals surface area contributed by atoms with Gasteiger partial charge in [-0.15, -0.1) is 0 Å². The van der Waals surface area contributed by atoms with Gasteiger partial charge in [0.25, 0.3) is 0 Å². The van der Waals surface area contributed by atoms with E-state index in [4.69, 9.17) is 4.74 Å². The van der Waals surface area contributed by atoms with Gasteiger partial charge < -0.3 is 14.6 Å². The number of hydrogen-bond acceptors (Lipinski definition) is 3. The van der Waals surface area contributed by atoms with Crippen LogP contribution in [0.15, 0.2) is 30.6 Å². The zero-order valence-electron chi connectivity index (χ0n) is 10.6. The monoisotopic (exact) mass is 249 g/mol. The van der Waals surface area contributed by atoms with E-state index in [0.717, 1.165) is 11.4 Å². The van der Waals surface area contributed by atoms with Gasteiger partial charge in [-0.05, 0) is 24.7 Å². The van der Waals surface area contributed by atoms with Crippen molar-refractivity contribution < 1.29 is 9.13 Å². The SMILES string of the molecule is CNC(c1ccc(OC)c(F)c1)c1nccn1C. The van der Waals surface area contributed by atoms with E-state index in [1.807, 2.05) is 30.9 Å².